The molecule has 2 aliphatic rings. The second-order valence-electron chi connectivity index (χ2n) is 6.84. The lowest BCUT2D eigenvalue weighted by atomic mass is 9.74. The van der Waals surface area contributed by atoms with Crippen LogP contribution < -0.4 is 0 Å². The Hall–Kier alpha value is -1.33. The number of likely N-dealkylation sites (tertiary alicyclic amines) is 2. The Labute approximate surface area is 131 Å². The predicted octanol–water partition coefficient (Wildman–Crippen LogP) is 1.50. The van der Waals surface area contributed by atoms with Gasteiger partial charge in [-0.1, -0.05) is 6.92 Å². The van der Waals surface area contributed by atoms with Gasteiger partial charge in [0.1, 0.15) is 11.5 Å². The van der Waals surface area contributed by atoms with E-state index in [0.29, 0.717) is 12.5 Å². The lowest BCUT2D eigenvalue weighted by Gasteiger charge is -2.42. The summed E-state index contributed by atoms with van der Waals surface area (Å²) in [6.45, 7) is 7.95. The highest BCUT2D eigenvalue weighted by molar-refractivity contribution is 5.73. The van der Waals surface area contributed by atoms with Gasteiger partial charge in [0.15, 0.2) is 0 Å². The molecule has 2 saturated heterocycles. The second-order valence-corrected chi connectivity index (χ2v) is 6.84. The second kappa shape index (κ2) is 6.05. The first-order chi connectivity index (χ1) is 10.6. The van der Waals surface area contributed by atoms with E-state index in [-0.39, 0.29) is 17.9 Å². The van der Waals surface area contributed by atoms with Crippen molar-refractivity contribution in [1.82, 2.24) is 9.80 Å². The number of amides is 1. The minimum atomic E-state index is -0.163. The van der Waals surface area contributed by atoms with E-state index in [1.165, 1.54) is 0 Å². The molecule has 1 amide bonds. The fourth-order valence-corrected chi connectivity index (χ4v) is 3.99. The highest BCUT2D eigenvalue weighted by Crippen LogP contribution is 2.42. The first-order valence-electron chi connectivity index (χ1n) is 8.22. The van der Waals surface area contributed by atoms with E-state index in [2.05, 4.69) is 11.8 Å². The first-order valence-corrected chi connectivity index (χ1v) is 8.22. The molecule has 3 heterocycles. The Balaban J connectivity index is 1.69. The molecule has 5 nitrogen and oxygen atoms in total. The Bertz CT molecular complexity index is 542. The maximum absolute atomic E-state index is 11.7. The Morgan fingerprint density at radius 1 is 1.41 bits per heavy atom. The highest BCUT2D eigenvalue weighted by atomic mass is 16.3. The van der Waals surface area contributed by atoms with Crippen LogP contribution in [0.2, 0.25) is 0 Å². The van der Waals surface area contributed by atoms with Gasteiger partial charge in [-0.05, 0) is 31.0 Å². The number of aryl methyl sites for hydroxylation is 1. The van der Waals surface area contributed by atoms with E-state index < -0.39 is 0 Å². The molecule has 0 radical (unpaired) electrons. The van der Waals surface area contributed by atoms with E-state index in [0.717, 1.165) is 50.5 Å². The number of hydrogen-bond acceptors (Lipinski definition) is 4. The minimum Gasteiger partial charge on any atom is -0.465 e. The maximum Gasteiger partial charge on any atom is 0.219 e. The summed E-state index contributed by atoms with van der Waals surface area (Å²) in [4.78, 5) is 15.9. The molecule has 0 aliphatic carbocycles. The van der Waals surface area contributed by atoms with Crippen molar-refractivity contribution < 1.29 is 14.3 Å². The molecular weight excluding hydrogens is 280 g/mol. The SMILES string of the molecule is CCc1ccc(CN2CC[C@H]3CN(C(C)=O)C[C@@]3(CO)C2)o1. The summed E-state index contributed by atoms with van der Waals surface area (Å²) in [6, 6.07) is 4.09. The van der Waals surface area contributed by atoms with E-state index in [9.17, 15) is 9.90 Å². The topological polar surface area (TPSA) is 56.9 Å². The molecule has 22 heavy (non-hydrogen) atoms. The number of piperidine rings is 1. The fourth-order valence-electron chi connectivity index (χ4n) is 3.99. The summed E-state index contributed by atoms with van der Waals surface area (Å²) in [5.41, 5.74) is -0.163. The summed E-state index contributed by atoms with van der Waals surface area (Å²) in [5.74, 6) is 2.54. The van der Waals surface area contributed by atoms with Gasteiger partial charge in [0, 0.05) is 38.4 Å². The van der Waals surface area contributed by atoms with E-state index in [1.807, 2.05) is 17.0 Å². The van der Waals surface area contributed by atoms with Crippen LogP contribution in [0.4, 0.5) is 0 Å². The quantitative estimate of drug-likeness (QED) is 0.916. The van der Waals surface area contributed by atoms with Crippen LogP contribution in [0.3, 0.4) is 0 Å². The van der Waals surface area contributed by atoms with Crippen LogP contribution in [0.15, 0.2) is 16.5 Å². The number of carbonyl (C=O) groups excluding carboxylic acids is 1. The Morgan fingerprint density at radius 2 is 2.18 bits per heavy atom. The molecule has 0 aromatic carbocycles. The van der Waals surface area contributed by atoms with Gasteiger partial charge in [-0.15, -0.1) is 0 Å². The molecule has 5 heteroatoms. The fraction of sp³-hybridized carbons (Fsp3) is 0.706. The molecule has 122 valence electrons. The summed E-state index contributed by atoms with van der Waals surface area (Å²) in [6.07, 6.45) is 1.95. The molecule has 0 bridgehead atoms. The van der Waals surface area contributed by atoms with Crippen LogP contribution in [0.25, 0.3) is 0 Å². The molecule has 2 aliphatic heterocycles. The zero-order chi connectivity index (χ0) is 15.7. The molecule has 0 saturated carbocycles. The van der Waals surface area contributed by atoms with Crippen molar-refractivity contribution in [1.29, 1.82) is 0 Å². The van der Waals surface area contributed by atoms with E-state index in [4.69, 9.17) is 4.42 Å². The van der Waals surface area contributed by atoms with E-state index >= 15 is 0 Å². The molecular formula is C17H26N2O3. The average molecular weight is 306 g/mol. The zero-order valence-electron chi connectivity index (χ0n) is 13.5. The maximum atomic E-state index is 11.7. The van der Waals surface area contributed by atoms with Gasteiger partial charge in [-0.3, -0.25) is 9.69 Å². The van der Waals surface area contributed by atoms with E-state index in [1.54, 1.807) is 6.92 Å². The van der Waals surface area contributed by atoms with Crippen molar-refractivity contribution in [2.45, 2.75) is 33.2 Å². The van der Waals surface area contributed by atoms with Crippen LogP contribution in [-0.4, -0.2) is 53.6 Å². The monoisotopic (exact) mass is 306 g/mol. The van der Waals surface area contributed by atoms with Crippen LogP contribution in [0.1, 0.15) is 31.8 Å². The number of carbonyl (C=O) groups is 1. The summed E-state index contributed by atoms with van der Waals surface area (Å²) in [5, 5.41) is 9.99. The summed E-state index contributed by atoms with van der Waals surface area (Å²) < 4.78 is 5.80. The van der Waals surface area contributed by atoms with Crippen LogP contribution in [-0.2, 0) is 17.8 Å². The number of rotatable bonds is 4. The smallest absolute Gasteiger partial charge is 0.219 e. The van der Waals surface area contributed by atoms with Crippen LogP contribution >= 0.6 is 0 Å². The summed E-state index contributed by atoms with van der Waals surface area (Å²) in [7, 11) is 0. The Kier molecular flexibility index (Phi) is 4.28. The van der Waals surface area contributed by atoms with Gasteiger partial charge in [0.25, 0.3) is 0 Å². The first kappa shape index (κ1) is 15.6. The number of furan rings is 1. The average Bonchev–Trinajstić information content (AvgIpc) is 3.11. The van der Waals surface area contributed by atoms with Crippen molar-refractivity contribution in [3.8, 4) is 0 Å². The third kappa shape index (κ3) is 2.79. The van der Waals surface area contributed by atoms with Gasteiger partial charge in [0.05, 0.1) is 13.2 Å². The molecule has 2 atom stereocenters. The third-order valence-electron chi connectivity index (χ3n) is 5.35. The van der Waals surface area contributed by atoms with Gasteiger partial charge >= 0.3 is 0 Å². The summed E-state index contributed by atoms with van der Waals surface area (Å²) >= 11 is 0. The minimum absolute atomic E-state index is 0.118. The van der Waals surface area contributed by atoms with Gasteiger partial charge in [0.2, 0.25) is 5.91 Å². The standard InChI is InChI=1S/C17H26N2O3/c1-3-15-4-5-16(22-15)9-18-7-6-14-8-19(13(2)21)11-17(14,10-18)12-20/h4-5,14,20H,3,6-12H2,1-2H3/t14-,17+/m0/s1. The van der Waals surface area contributed by atoms with Crippen molar-refractivity contribution in [2.24, 2.45) is 11.3 Å². The van der Waals surface area contributed by atoms with Crippen molar-refractivity contribution in [3.05, 3.63) is 23.7 Å². The van der Waals surface area contributed by atoms with Gasteiger partial charge in [-0.2, -0.15) is 0 Å². The van der Waals surface area contributed by atoms with Crippen LogP contribution in [0.5, 0.6) is 0 Å². The molecule has 1 aromatic rings. The highest BCUT2D eigenvalue weighted by Gasteiger charge is 2.50. The predicted molar refractivity (Wildman–Crippen MR) is 83.2 cm³/mol. The molecule has 0 unspecified atom stereocenters. The zero-order valence-corrected chi connectivity index (χ0v) is 13.5. The van der Waals surface area contributed by atoms with Gasteiger partial charge < -0.3 is 14.4 Å². The number of aliphatic hydroxyl groups excluding tert-OH is 1. The lowest BCUT2D eigenvalue weighted by molar-refractivity contribution is -0.128. The lowest BCUT2D eigenvalue weighted by Crippen LogP contribution is -2.50. The molecule has 2 fully saturated rings. The largest absolute Gasteiger partial charge is 0.465 e. The van der Waals surface area contributed by atoms with Crippen molar-refractivity contribution in [2.75, 3.05) is 32.8 Å². The normalized spacial score (nSPS) is 28.9. The number of hydrogen-bond donors (Lipinski definition) is 1. The number of aliphatic hydroxyl groups is 1. The molecule has 1 aromatic heterocycles. The third-order valence-corrected chi connectivity index (χ3v) is 5.35. The van der Waals surface area contributed by atoms with Crippen LogP contribution in [0, 0.1) is 11.3 Å². The van der Waals surface area contributed by atoms with Gasteiger partial charge in [-0.25, -0.2) is 0 Å². The van der Waals surface area contributed by atoms with Crippen molar-refractivity contribution in [3.63, 3.8) is 0 Å². The molecule has 0 spiro atoms. The van der Waals surface area contributed by atoms with Crippen molar-refractivity contribution >= 4 is 5.91 Å². The number of fused-ring (bicyclic) bond motifs is 1. The molecule has 1 N–H and O–H groups in total. The number of nitrogens with zero attached hydrogens (tertiary/aromatic N) is 2. The molecule has 3 rings (SSSR count). The Morgan fingerprint density at radius 3 is 2.82 bits per heavy atom.